The van der Waals surface area contributed by atoms with Crippen molar-refractivity contribution >= 4 is 16.9 Å². The molecular weight excluding hydrogens is 283 g/mol. The van der Waals surface area contributed by atoms with Gasteiger partial charge in [-0.1, -0.05) is 54.2 Å². The molecule has 2 aromatic rings. The molecule has 0 aromatic heterocycles. The molecule has 1 fully saturated rings. The number of nitrogens with one attached hydrogen (secondary N) is 1. The van der Waals surface area contributed by atoms with Gasteiger partial charge in [0.25, 0.3) is 0 Å². The van der Waals surface area contributed by atoms with Gasteiger partial charge in [0.05, 0.1) is 6.54 Å². The molecule has 1 atom stereocenters. The first-order chi connectivity index (χ1) is 10.3. The van der Waals surface area contributed by atoms with E-state index >= 15 is 0 Å². The molecule has 0 bridgehead atoms. The van der Waals surface area contributed by atoms with Crippen molar-refractivity contribution in [1.29, 1.82) is 0 Å². The van der Waals surface area contributed by atoms with Crippen LogP contribution >= 0.6 is 11.8 Å². The quantitative estimate of drug-likeness (QED) is 0.932. The fourth-order valence-electron chi connectivity index (χ4n) is 2.34. The average Bonchev–Trinajstić information content (AvgIpc) is 2.94. The van der Waals surface area contributed by atoms with Crippen LogP contribution in [0.15, 0.2) is 59.6 Å². The van der Waals surface area contributed by atoms with Gasteiger partial charge in [-0.15, -0.1) is 0 Å². The Labute approximate surface area is 128 Å². The SMILES string of the molecule is Fc1cccc(CN=C2NC(Cc3ccccc3)CS2)c1. The molecule has 0 aliphatic carbocycles. The van der Waals surface area contributed by atoms with Crippen LogP contribution in [0.2, 0.25) is 0 Å². The number of amidine groups is 1. The fraction of sp³-hybridized carbons (Fsp3) is 0.235. The third kappa shape index (κ3) is 4.08. The fourth-order valence-corrected chi connectivity index (χ4v) is 3.30. The van der Waals surface area contributed by atoms with Gasteiger partial charge in [0.15, 0.2) is 5.17 Å². The van der Waals surface area contributed by atoms with Gasteiger partial charge in [-0.05, 0) is 29.7 Å². The Kier molecular flexibility index (Phi) is 4.55. The molecule has 108 valence electrons. The first-order valence-corrected chi connectivity index (χ1v) is 8.00. The molecule has 1 aliphatic rings. The van der Waals surface area contributed by atoms with E-state index in [1.165, 1.54) is 17.7 Å². The van der Waals surface area contributed by atoms with E-state index in [4.69, 9.17) is 0 Å². The van der Waals surface area contributed by atoms with Gasteiger partial charge in [-0.3, -0.25) is 4.99 Å². The first-order valence-electron chi connectivity index (χ1n) is 7.02. The Morgan fingerprint density at radius 1 is 1.10 bits per heavy atom. The van der Waals surface area contributed by atoms with Crippen molar-refractivity contribution in [2.75, 3.05) is 5.75 Å². The summed E-state index contributed by atoms with van der Waals surface area (Å²) < 4.78 is 13.1. The maximum absolute atomic E-state index is 13.1. The summed E-state index contributed by atoms with van der Waals surface area (Å²) in [6.07, 6.45) is 1.01. The van der Waals surface area contributed by atoms with Crippen molar-refractivity contribution < 1.29 is 4.39 Å². The molecule has 4 heteroatoms. The van der Waals surface area contributed by atoms with Crippen LogP contribution in [0.5, 0.6) is 0 Å². The molecule has 0 spiro atoms. The smallest absolute Gasteiger partial charge is 0.157 e. The van der Waals surface area contributed by atoms with E-state index < -0.39 is 0 Å². The highest BCUT2D eigenvalue weighted by Gasteiger charge is 2.20. The zero-order valence-corrected chi connectivity index (χ0v) is 12.4. The minimum atomic E-state index is -0.207. The summed E-state index contributed by atoms with van der Waals surface area (Å²) in [5.74, 6) is 0.818. The van der Waals surface area contributed by atoms with Gasteiger partial charge in [0, 0.05) is 11.8 Å². The third-order valence-electron chi connectivity index (χ3n) is 3.37. The molecule has 21 heavy (non-hydrogen) atoms. The summed E-state index contributed by atoms with van der Waals surface area (Å²) in [5, 5.41) is 4.40. The predicted molar refractivity (Wildman–Crippen MR) is 87.1 cm³/mol. The van der Waals surface area contributed by atoms with E-state index in [9.17, 15) is 4.39 Å². The number of aliphatic imine (C=N–C) groups is 1. The number of hydrogen-bond acceptors (Lipinski definition) is 2. The maximum atomic E-state index is 13.1. The minimum absolute atomic E-state index is 0.207. The van der Waals surface area contributed by atoms with E-state index in [0.29, 0.717) is 12.6 Å². The summed E-state index contributed by atoms with van der Waals surface area (Å²) >= 11 is 1.74. The van der Waals surface area contributed by atoms with Gasteiger partial charge in [0.1, 0.15) is 5.82 Å². The number of thioether (sulfide) groups is 1. The van der Waals surface area contributed by atoms with Crippen molar-refractivity contribution in [3.63, 3.8) is 0 Å². The molecule has 1 N–H and O–H groups in total. The zero-order valence-electron chi connectivity index (χ0n) is 11.6. The van der Waals surface area contributed by atoms with Gasteiger partial charge >= 0.3 is 0 Å². The lowest BCUT2D eigenvalue weighted by Crippen LogP contribution is -2.29. The molecule has 1 heterocycles. The Balaban J connectivity index is 1.55. The second kappa shape index (κ2) is 6.76. The number of benzene rings is 2. The second-order valence-corrected chi connectivity index (χ2v) is 6.10. The van der Waals surface area contributed by atoms with Crippen molar-refractivity contribution in [3.8, 4) is 0 Å². The number of nitrogens with zero attached hydrogens (tertiary/aromatic N) is 1. The van der Waals surface area contributed by atoms with Crippen molar-refractivity contribution in [2.24, 2.45) is 4.99 Å². The van der Waals surface area contributed by atoms with Gasteiger partial charge in [-0.2, -0.15) is 0 Å². The van der Waals surface area contributed by atoms with Crippen molar-refractivity contribution in [3.05, 3.63) is 71.5 Å². The summed E-state index contributed by atoms with van der Waals surface area (Å²) in [5.41, 5.74) is 2.23. The highest BCUT2D eigenvalue weighted by atomic mass is 32.2. The molecule has 1 aliphatic heterocycles. The third-order valence-corrected chi connectivity index (χ3v) is 4.46. The standard InChI is InChI=1S/C17H17FN2S/c18-15-8-4-7-14(9-15)11-19-17-20-16(12-21-17)10-13-5-2-1-3-6-13/h1-9,16H,10-12H2,(H,19,20). The normalized spacial score (nSPS) is 19.7. The number of rotatable bonds is 4. The second-order valence-electron chi connectivity index (χ2n) is 5.09. The molecule has 0 amide bonds. The highest BCUT2D eigenvalue weighted by Crippen LogP contribution is 2.18. The van der Waals surface area contributed by atoms with E-state index in [-0.39, 0.29) is 5.82 Å². The molecule has 2 aromatic carbocycles. The van der Waals surface area contributed by atoms with E-state index in [2.05, 4.69) is 34.6 Å². The summed E-state index contributed by atoms with van der Waals surface area (Å²) in [4.78, 5) is 4.53. The van der Waals surface area contributed by atoms with Crippen molar-refractivity contribution in [2.45, 2.75) is 19.0 Å². The maximum Gasteiger partial charge on any atom is 0.157 e. The van der Waals surface area contributed by atoms with E-state index in [1.54, 1.807) is 17.8 Å². The van der Waals surface area contributed by atoms with Crippen LogP contribution in [0, 0.1) is 5.82 Å². The summed E-state index contributed by atoms with van der Waals surface area (Å²) in [7, 11) is 0. The number of halogens is 1. The lowest BCUT2D eigenvalue weighted by Gasteiger charge is -2.09. The average molecular weight is 300 g/mol. The van der Waals surface area contributed by atoms with Crippen LogP contribution in [0.25, 0.3) is 0 Å². The van der Waals surface area contributed by atoms with Gasteiger partial charge in [-0.25, -0.2) is 4.39 Å². The predicted octanol–water partition coefficient (Wildman–Crippen LogP) is 3.63. The van der Waals surface area contributed by atoms with Crippen LogP contribution in [0.3, 0.4) is 0 Å². The molecule has 1 saturated heterocycles. The first kappa shape index (κ1) is 14.1. The van der Waals surface area contributed by atoms with Crippen LogP contribution in [0.1, 0.15) is 11.1 Å². The van der Waals surface area contributed by atoms with Crippen LogP contribution in [0.4, 0.5) is 4.39 Å². The highest BCUT2D eigenvalue weighted by molar-refractivity contribution is 8.14. The van der Waals surface area contributed by atoms with Gasteiger partial charge < -0.3 is 5.32 Å². The lowest BCUT2D eigenvalue weighted by atomic mass is 10.1. The van der Waals surface area contributed by atoms with Gasteiger partial charge in [0.2, 0.25) is 0 Å². The summed E-state index contributed by atoms with van der Waals surface area (Å²) in [6.45, 7) is 0.519. The summed E-state index contributed by atoms with van der Waals surface area (Å²) in [6, 6.07) is 17.5. The molecule has 0 saturated carbocycles. The molecule has 0 radical (unpaired) electrons. The van der Waals surface area contributed by atoms with E-state index in [1.807, 2.05) is 12.1 Å². The number of hydrogen-bond donors (Lipinski definition) is 1. The Bertz CT molecular complexity index is 628. The molecule has 2 nitrogen and oxygen atoms in total. The lowest BCUT2D eigenvalue weighted by molar-refractivity contribution is 0.625. The zero-order chi connectivity index (χ0) is 14.5. The Hall–Kier alpha value is -1.81. The topological polar surface area (TPSA) is 24.4 Å². The Morgan fingerprint density at radius 2 is 1.90 bits per heavy atom. The minimum Gasteiger partial charge on any atom is -0.361 e. The largest absolute Gasteiger partial charge is 0.361 e. The van der Waals surface area contributed by atoms with Crippen LogP contribution in [-0.2, 0) is 13.0 Å². The van der Waals surface area contributed by atoms with Crippen molar-refractivity contribution in [1.82, 2.24) is 5.32 Å². The Morgan fingerprint density at radius 3 is 2.71 bits per heavy atom. The van der Waals surface area contributed by atoms with Crippen LogP contribution < -0.4 is 5.32 Å². The molecule has 1 unspecified atom stereocenters. The van der Waals surface area contributed by atoms with E-state index in [0.717, 1.165) is 22.9 Å². The monoisotopic (exact) mass is 300 g/mol. The molecular formula is C17H17FN2S. The van der Waals surface area contributed by atoms with Crippen LogP contribution in [-0.4, -0.2) is 17.0 Å². The molecule has 3 rings (SSSR count).